The third kappa shape index (κ3) is 2.63. The normalized spacial score (nSPS) is 10.0. The first kappa shape index (κ1) is 9.86. The molecule has 1 rings (SSSR count). The van der Waals surface area contributed by atoms with Crippen molar-refractivity contribution >= 4 is 5.69 Å². The van der Waals surface area contributed by atoms with Crippen molar-refractivity contribution in [3.8, 4) is 5.75 Å². The molecule has 0 fully saturated rings. The molecule has 1 aromatic carbocycles. The van der Waals surface area contributed by atoms with Crippen LogP contribution in [0.25, 0.3) is 0 Å². The summed E-state index contributed by atoms with van der Waals surface area (Å²) in [5, 5.41) is 8.65. The number of anilines is 1. The van der Waals surface area contributed by atoms with Gasteiger partial charge in [-0.1, -0.05) is 6.07 Å². The standard InChI is InChI=1S/C10H15NO2/c1-13-9-5-4-8(3-2-6-12)10(11)7-9/h4-5,7,12H,2-3,6,11H2,1H3. The van der Waals surface area contributed by atoms with Crippen LogP contribution in [-0.2, 0) is 6.42 Å². The van der Waals surface area contributed by atoms with E-state index in [1.807, 2.05) is 12.1 Å². The van der Waals surface area contributed by atoms with Crippen molar-refractivity contribution < 1.29 is 9.84 Å². The number of hydrogen-bond acceptors (Lipinski definition) is 3. The van der Waals surface area contributed by atoms with Crippen molar-refractivity contribution in [1.82, 2.24) is 0 Å². The molecule has 0 bridgehead atoms. The topological polar surface area (TPSA) is 55.5 Å². The van der Waals surface area contributed by atoms with Crippen LogP contribution in [0.4, 0.5) is 5.69 Å². The Balaban J connectivity index is 2.73. The van der Waals surface area contributed by atoms with Gasteiger partial charge >= 0.3 is 0 Å². The van der Waals surface area contributed by atoms with Crippen molar-refractivity contribution in [2.45, 2.75) is 12.8 Å². The minimum atomic E-state index is 0.200. The van der Waals surface area contributed by atoms with Crippen LogP contribution < -0.4 is 10.5 Å². The fourth-order valence-electron chi connectivity index (χ4n) is 1.20. The van der Waals surface area contributed by atoms with E-state index < -0.39 is 0 Å². The fourth-order valence-corrected chi connectivity index (χ4v) is 1.20. The molecule has 0 saturated carbocycles. The van der Waals surface area contributed by atoms with Gasteiger partial charge in [0, 0.05) is 18.4 Å². The Morgan fingerprint density at radius 2 is 2.23 bits per heavy atom. The van der Waals surface area contributed by atoms with Gasteiger partial charge in [-0.25, -0.2) is 0 Å². The van der Waals surface area contributed by atoms with Crippen LogP contribution >= 0.6 is 0 Å². The van der Waals surface area contributed by atoms with Gasteiger partial charge in [0.05, 0.1) is 7.11 Å². The Labute approximate surface area is 78.1 Å². The minimum absolute atomic E-state index is 0.200. The molecule has 0 aliphatic heterocycles. The SMILES string of the molecule is COc1ccc(CCCO)c(N)c1. The molecular weight excluding hydrogens is 166 g/mol. The highest BCUT2D eigenvalue weighted by Gasteiger charge is 2.00. The first-order chi connectivity index (χ1) is 6.27. The van der Waals surface area contributed by atoms with Gasteiger partial charge in [0.25, 0.3) is 0 Å². The van der Waals surface area contributed by atoms with Crippen LogP contribution in [-0.4, -0.2) is 18.8 Å². The summed E-state index contributed by atoms with van der Waals surface area (Å²) in [6.45, 7) is 0.200. The van der Waals surface area contributed by atoms with Crippen LogP contribution in [0.15, 0.2) is 18.2 Å². The highest BCUT2D eigenvalue weighted by Crippen LogP contribution is 2.20. The minimum Gasteiger partial charge on any atom is -0.497 e. The number of benzene rings is 1. The molecule has 0 aliphatic carbocycles. The largest absolute Gasteiger partial charge is 0.497 e. The number of aliphatic hydroxyl groups is 1. The lowest BCUT2D eigenvalue weighted by atomic mass is 10.1. The molecule has 0 saturated heterocycles. The van der Waals surface area contributed by atoms with Crippen molar-refractivity contribution in [3.05, 3.63) is 23.8 Å². The summed E-state index contributed by atoms with van der Waals surface area (Å²) >= 11 is 0. The Kier molecular flexibility index (Phi) is 3.58. The van der Waals surface area contributed by atoms with E-state index in [1.165, 1.54) is 0 Å². The summed E-state index contributed by atoms with van der Waals surface area (Å²) in [4.78, 5) is 0. The lowest BCUT2D eigenvalue weighted by molar-refractivity contribution is 0.288. The number of hydrogen-bond donors (Lipinski definition) is 2. The molecule has 72 valence electrons. The van der Waals surface area contributed by atoms with E-state index >= 15 is 0 Å². The molecular formula is C10H15NO2. The Bertz CT molecular complexity index is 274. The van der Waals surface area contributed by atoms with Crippen LogP contribution in [0.1, 0.15) is 12.0 Å². The summed E-state index contributed by atoms with van der Waals surface area (Å²) < 4.78 is 5.03. The number of ether oxygens (including phenoxy) is 1. The predicted molar refractivity (Wildman–Crippen MR) is 52.8 cm³/mol. The van der Waals surface area contributed by atoms with Gasteiger partial charge < -0.3 is 15.6 Å². The Morgan fingerprint density at radius 3 is 2.77 bits per heavy atom. The van der Waals surface area contributed by atoms with Gasteiger partial charge in [0.2, 0.25) is 0 Å². The fraction of sp³-hybridized carbons (Fsp3) is 0.400. The van der Waals surface area contributed by atoms with E-state index in [9.17, 15) is 0 Å². The molecule has 0 aliphatic rings. The lowest BCUT2D eigenvalue weighted by Gasteiger charge is -2.06. The van der Waals surface area contributed by atoms with E-state index in [0.717, 1.165) is 29.8 Å². The van der Waals surface area contributed by atoms with Gasteiger partial charge in [-0.3, -0.25) is 0 Å². The molecule has 0 unspecified atom stereocenters. The average Bonchev–Trinajstić information content (AvgIpc) is 2.16. The second-order valence-electron chi connectivity index (χ2n) is 2.89. The van der Waals surface area contributed by atoms with E-state index in [1.54, 1.807) is 13.2 Å². The molecule has 0 amide bonds. The van der Waals surface area contributed by atoms with Gasteiger partial charge in [0.1, 0.15) is 5.75 Å². The highest BCUT2D eigenvalue weighted by atomic mass is 16.5. The highest BCUT2D eigenvalue weighted by molar-refractivity contribution is 5.51. The van der Waals surface area contributed by atoms with Crippen LogP contribution in [0.5, 0.6) is 5.75 Å². The molecule has 3 nitrogen and oxygen atoms in total. The van der Waals surface area contributed by atoms with Gasteiger partial charge in [0.15, 0.2) is 0 Å². The molecule has 13 heavy (non-hydrogen) atoms. The van der Waals surface area contributed by atoms with Gasteiger partial charge in [-0.05, 0) is 24.5 Å². The van der Waals surface area contributed by atoms with Crippen LogP contribution in [0.2, 0.25) is 0 Å². The molecule has 0 aromatic heterocycles. The summed E-state index contributed by atoms with van der Waals surface area (Å²) in [6, 6.07) is 5.61. The number of aliphatic hydroxyl groups excluding tert-OH is 1. The quantitative estimate of drug-likeness (QED) is 0.686. The summed E-state index contributed by atoms with van der Waals surface area (Å²) in [5.74, 6) is 0.769. The first-order valence-electron chi connectivity index (χ1n) is 4.31. The number of methoxy groups -OCH3 is 1. The smallest absolute Gasteiger partial charge is 0.120 e. The maximum absolute atomic E-state index is 8.65. The van der Waals surface area contributed by atoms with Gasteiger partial charge in [-0.15, -0.1) is 0 Å². The first-order valence-corrected chi connectivity index (χ1v) is 4.31. The van der Waals surface area contributed by atoms with E-state index in [2.05, 4.69) is 0 Å². The average molecular weight is 181 g/mol. The molecule has 1 aromatic rings. The summed E-state index contributed by atoms with van der Waals surface area (Å²) in [7, 11) is 1.61. The maximum atomic E-state index is 8.65. The van der Waals surface area contributed by atoms with Crippen molar-refractivity contribution in [1.29, 1.82) is 0 Å². The van der Waals surface area contributed by atoms with E-state index in [4.69, 9.17) is 15.6 Å². The third-order valence-corrected chi connectivity index (χ3v) is 1.96. The number of rotatable bonds is 4. The Morgan fingerprint density at radius 1 is 1.46 bits per heavy atom. The monoisotopic (exact) mass is 181 g/mol. The number of nitrogen functional groups attached to an aromatic ring is 1. The zero-order valence-electron chi connectivity index (χ0n) is 7.79. The summed E-state index contributed by atoms with van der Waals surface area (Å²) in [5.41, 5.74) is 7.57. The maximum Gasteiger partial charge on any atom is 0.120 e. The van der Waals surface area contributed by atoms with E-state index in [-0.39, 0.29) is 6.61 Å². The molecule has 0 atom stereocenters. The molecule has 0 heterocycles. The number of nitrogens with two attached hydrogens (primary N) is 1. The molecule has 0 radical (unpaired) electrons. The van der Waals surface area contributed by atoms with Crippen molar-refractivity contribution in [2.24, 2.45) is 0 Å². The van der Waals surface area contributed by atoms with Crippen molar-refractivity contribution in [2.75, 3.05) is 19.5 Å². The third-order valence-electron chi connectivity index (χ3n) is 1.96. The Hall–Kier alpha value is -1.22. The molecule has 3 heteroatoms. The summed E-state index contributed by atoms with van der Waals surface area (Å²) in [6.07, 6.45) is 1.56. The van der Waals surface area contributed by atoms with Crippen LogP contribution in [0.3, 0.4) is 0 Å². The predicted octanol–water partition coefficient (Wildman–Crippen LogP) is 1.20. The second kappa shape index (κ2) is 4.72. The zero-order chi connectivity index (χ0) is 9.68. The molecule has 3 N–H and O–H groups in total. The van der Waals surface area contributed by atoms with Crippen molar-refractivity contribution in [3.63, 3.8) is 0 Å². The molecule has 0 spiro atoms. The lowest BCUT2D eigenvalue weighted by Crippen LogP contribution is -1.97. The number of aryl methyl sites for hydroxylation is 1. The zero-order valence-corrected chi connectivity index (χ0v) is 7.79. The van der Waals surface area contributed by atoms with Gasteiger partial charge in [-0.2, -0.15) is 0 Å². The van der Waals surface area contributed by atoms with Crippen LogP contribution in [0, 0.1) is 0 Å². The second-order valence-corrected chi connectivity index (χ2v) is 2.89. The van der Waals surface area contributed by atoms with E-state index in [0.29, 0.717) is 0 Å².